The zero-order chi connectivity index (χ0) is 28.1. The second kappa shape index (κ2) is 9.90. The topological polar surface area (TPSA) is 118 Å². The van der Waals surface area contributed by atoms with E-state index in [2.05, 4.69) is 25.4 Å². The zero-order valence-corrected chi connectivity index (χ0v) is 23.6. The van der Waals surface area contributed by atoms with Crippen LogP contribution in [0.4, 0.5) is 26.8 Å². The van der Waals surface area contributed by atoms with Crippen LogP contribution in [0.3, 0.4) is 0 Å². The van der Waals surface area contributed by atoms with Crippen molar-refractivity contribution in [1.29, 1.82) is 0 Å². The molecule has 39 heavy (non-hydrogen) atoms. The third kappa shape index (κ3) is 5.15. The second-order valence-corrected chi connectivity index (χ2v) is 11.2. The fourth-order valence-corrected chi connectivity index (χ4v) is 5.46. The molecule has 3 aromatic rings. The van der Waals surface area contributed by atoms with E-state index in [1.807, 2.05) is 45.6 Å². The highest BCUT2D eigenvalue weighted by molar-refractivity contribution is 6.04. The number of aromatic nitrogens is 4. The van der Waals surface area contributed by atoms with Crippen LogP contribution in [0, 0.1) is 0 Å². The number of methoxy groups -OCH3 is 1. The molecule has 0 radical (unpaired) electrons. The van der Waals surface area contributed by atoms with E-state index in [4.69, 9.17) is 9.47 Å². The van der Waals surface area contributed by atoms with Crippen molar-refractivity contribution in [2.45, 2.75) is 58.7 Å². The summed E-state index contributed by atoms with van der Waals surface area (Å²) in [5.74, 6) is 1.14. The van der Waals surface area contributed by atoms with Crippen molar-refractivity contribution in [1.82, 2.24) is 24.9 Å². The Hall–Kier alpha value is -4.09. The van der Waals surface area contributed by atoms with E-state index in [0.29, 0.717) is 54.3 Å². The van der Waals surface area contributed by atoms with Gasteiger partial charge < -0.3 is 19.7 Å². The number of anilines is 3. The minimum atomic E-state index is -0.548. The van der Waals surface area contributed by atoms with E-state index >= 15 is 0 Å². The number of amides is 3. The average molecular weight is 537 g/mol. The molecule has 2 atom stereocenters. The van der Waals surface area contributed by atoms with Gasteiger partial charge >= 0.3 is 12.1 Å². The summed E-state index contributed by atoms with van der Waals surface area (Å²) >= 11 is 0. The van der Waals surface area contributed by atoms with Crippen LogP contribution in [0.2, 0.25) is 0 Å². The Bertz CT molecular complexity index is 1400. The van der Waals surface area contributed by atoms with E-state index in [9.17, 15) is 9.59 Å². The first-order valence-corrected chi connectivity index (χ1v) is 13.2. The lowest BCUT2D eigenvalue weighted by Crippen LogP contribution is -2.59. The molecule has 1 N–H and O–H groups in total. The molecule has 208 valence electrons. The Morgan fingerprint density at radius 1 is 1.08 bits per heavy atom. The molecule has 1 aromatic carbocycles. The third-order valence-corrected chi connectivity index (χ3v) is 7.00. The van der Waals surface area contributed by atoms with Crippen molar-refractivity contribution in [2.24, 2.45) is 7.05 Å². The van der Waals surface area contributed by atoms with E-state index in [1.54, 1.807) is 37.4 Å². The van der Waals surface area contributed by atoms with Gasteiger partial charge in [-0.15, -0.1) is 0 Å². The molecular formula is C27H36N8O4. The number of fused-ring (bicyclic) bond motifs is 2. The molecule has 1 saturated heterocycles. The summed E-state index contributed by atoms with van der Waals surface area (Å²) in [6, 6.07) is 5.12. The zero-order valence-electron chi connectivity index (χ0n) is 23.6. The van der Waals surface area contributed by atoms with Crippen LogP contribution in [-0.4, -0.2) is 81.4 Å². The maximum atomic E-state index is 13.4. The number of nitrogens with zero attached hydrogens (tertiary/aromatic N) is 7. The molecule has 0 unspecified atom stereocenters. The molecule has 1 fully saturated rings. The van der Waals surface area contributed by atoms with Crippen molar-refractivity contribution >= 4 is 40.4 Å². The number of ether oxygens (including phenoxy) is 2. The number of hydrogen-bond donors (Lipinski definition) is 1. The summed E-state index contributed by atoms with van der Waals surface area (Å²) in [6.45, 7) is 11.5. The number of pyridine rings is 1. The number of nitrogens with one attached hydrogen (secondary N) is 1. The summed E-state index contributed by atoms with van der Waals surface area (Å²) in [5, 5.41) is 11.6. The van der Waals surface area contributed by atoms with Gasteiger partial charge in [0.1, 0.15) is 28.2 Å². The van der Waals surface area contributed by atoms with Gasteiger partial charge in [0.2, 0.25) is 0 Å². The van der Waals surface area contributed by atoms with Crippen LogP contribution < -0.4 is 19.9 Å². The Labute approximate surface area is 227 Å². The van der Waals surface area contributed by atoms with Crippen molar-refractivity contribution in [2.75, 3.05) is 41.9 Å². The summed E-state index contributed by atoms with van der Waals surface area (Å²) in [4.78, 5) is 38.1. The quantitative estimate of drug-likeness (QED) is 0.537. The molecule has 2 aliphatic rings. The lowest BCUT2D eigenvalue weighted by Gasteiger charge is -2.45. The number of piperazine rings is 1. The highest BCUT2D eigenvalue weighted by Crippen LogP contribution is 2.37. The number of carbonyl (C=O) groups excluding carboxylic acids is 2. The van der Waals surface area contributed by atoms with Crippen LogP contribution in [0.25, 0.3) is 11.0 Å². The normalized spacial score (nSPS) is 19.3. The van der Waals surface area contributed by atoms with Crippen LogP contribution in [0.1, 0.15) is 40.2 Å². The first-order chi connectivity index (χ1) is 18.4. The molecular weight excluding hydrogens is 500 g/mol. The second-order valence-electron chi connectivity index (χ2n) is 11.2. The highest BCUT2D eigenvalue weighted by Gasteiger charge is 2.38. The first kappa shape index (κ1) is 26.5. The molecule has 4 heterocycles. The molecule has 2 aliphatic heterocycles. The van der Waals surface area contributed by atoms with Gasteiger partial charge in [0.25, 0.3) is 0 Å². The summed E-state index contributed by atoms with van der Waals surface area (Å²) in [6.07, 6.45) is 2.13. The Balaban J connectivity index is 1.34. The van der Waals surface area contributed by atoms with Gasteiger partial charge in [-0.1, -0.05) is 0 Å². The number of aryl methyl sites for hydroxylation is 1. The first-order valence-electron chi connectivity index (χ1n) is 13.2. The van der Waals surface area contributed by atoms with Crippen LogP contribution in [0.5, 0.6) is 5.75 Å². The van der Waals surface area contributed by atoms with Gasteiger partial charge in [-0.05, 0) is 53.2 Å². The maximum Gasteiger partial charge on any atom is 0.410 e. The molecule has 0 aliphatic carbocycles. The van der Waals surface area contributed by atoms with E-state index < -0.39 is 5.60 Å². The third-order valence-electron chi connectivity index (χ3n) is 7.00. The lowest BCUT2D eigenvalue weighted by atomic mass is 10.1. The minimum Gasteiger partial charge on any atom is -0.494 e. The fourth-order valence-electron chi connectivity index (χ4n) is 5.46. The van der Waals surface area contributed by atoms with E-state index in [1.165, 1.54) is 4.80 Å². The molecule has 0 bridgehead atoms. The molecule has 2 aromatic heterocycles. The average Bonchev–Trinajstić information content (AvgIpc) is 3.44. The van der Waals surface area contributed by atoms with Crippen LogP contribution in [-0.2, 0) is 18.2 Å². The van der Waals surface area contributed by atoms with Crippen molar-refractivity contribution in [3.05, 3.63) is 30.0 Å². The summed E-state index contributed by atoms with van der Waals surface area (Å²) < 4.78 is 11.2. The molecule has 0 saturated carbocycles. The standard InChI is InChI=1S/C27H36N8O4/c1-16-14-33(15-17(2)35(16)26(37)39-27(3,4)5)22-8-10-28-24-18(22)9-11-34(24)25(36)29-21-12-19-20(13-23(21)38-7)31-32(6)30-19/h8,10,12-13,16-17H,9,11,14-15H2,1-7H3,(H,29,36)/t16-,17+. The summed E-state index contributed by atoms with van der Waals surface area (Å²) in [5.41, 5.74) is 3.37. The van der Waals surface area contributed by atoms with E-state index in [0.717, 1.165) is 11.3 Å². The Morgan fingerprint density at radius 3 is 2.38 bits per heavy atom. The predicted molar refractivity (Wildman–Crippen MR) is 149 cm³/mol. The highest BCUT2D eigenvalue weighted by atomic mass is 16.6. The number of rotatable bonds is 3. The SMILES string of the molecule is COc1cc2nn(C)nc2cc1NC(=O)N1CCc2c(N3C[C@@H](C)N(C(=O)OC(C)(C)C)[C@@H](C)C3)ccnc21. The predicted octanol–water partition coefficient (Wildman–Crippen LogP) is 3.80. The molecule has 3 amide bonds. The van der Waals surface area contributed by atoms with Crippen LogP contribution in [0.15, 0.2) is 24.4 Å². The molecule has 5 rings (SSSR count). The Morgan fingerprint density at radius 2 is 1.74 bits per heavy atom. The summed E-state index contributed by atoms with van der Waals surface area (Å²) in [7, 11) is 3.30. The van der Waals surface area contributed by atoms with Gasteiger partial charge in [-0.2, -0.15) is 15.0 Å². The number of urea groups is 1. The minimum absolute atomic E-state index is 0.0447. The van der Waals surface area contributed by atoms with E-state index in [-0.39, 0.29) is 24.2 Å². The maximum absolute atomic E-state index is 13.4. The molecule has 12 heteroatoms. The van der Waals surface area contributed by atoms with Gasteiger partial charge in [-0.25, -0.2) is 14.6 Å². The molecule has 0 spiro atoms. The van der Waals surface area contributed by atoms with Gasteiger partial charge in [0.15, 0.2) is 0 Å². The molecule has 12 nitrogen and oxygen atoms in total. The number of benzene rings is 1. The fraction of sp³-hybridized carbons (Fsp3) is 0.519. The number of hydrogen-bond acceptors (Lipinski definition) is 8. The van der Waals surface area contributed by atoms with Crippen molar-refractivity contribution < 1.29 is 19.1 Å². The van der Waals surface area contributed by atoms with Gasteiger partial charge in [-0.3, -0.25) is 9.80 Å². The van der Waals surface area contributed by atoms with Gasteiger partial charge in [0.05, 0.1) is 24.9 Å². The van der Waals surface area contributed by atoms with Crippen molar-refractivity contribution in [3.63, 3.8) is 0 Å². The Kier molecular flexibility index (Phi) is 6.73. The van der Waals surface area contributed by atoms with Crippen LogP contribution >= 0.6 is 0 Å². The number of carbonyl (C=O) groups is 2. The van der Waals surface area contributed by atoms with Gasteiger partial charge in [0, 0.05) is 50.2 Å². The largest absolute Gasteiger partial charge is 0.494 e. The monoisotopic (exact) mass is 536 g/mol. The lowest BCUT2D eigenvalue weighted by molar-refractivity contribution is 0.00565. The van der Waals surface area contributed by atoms with Crippen molar-refractivity contribution in [3.8, 4) is 5.75 Å². The smallest absolute Gasteiger partial charge is 0.410 e.